The first kappa shape index (κ1) is 22.3. The smallest absolute Gasteiger partial charge is 0.265 e. The van der Waals surface area contributed by atoms with Crippen molar-refractivity contribution in [2.75, 3.05) is 34.5 Å². The van der Waals surface area contributed by atoms with Crippen molar-refractivity contribution < 1.29 is 23.7 Å². The van der Waals surface area contributed by atoms with E-state index in [4.69, 9.17) is 42.8 Å². The van der Waals surface area contributed by atoms with Gasteiger partial charge in [-0.2, -0.15) is 0 Å². The maximum atomic E-state index is 12.2. The average molecular weight is 466 g/mol. The molecule has 1 aliphatic heterocycles. The zero-order valence-electron chi connectivity index (χ0n) is 16.6. The van der Waals surface area contributed by atoms with Crippen molar-refractivity contribution in [2.45, 2.75) is 0 Å². The van der Waals surface area contributed by atoms with E-state index in [1.807, 2.05) is 24.3 Å². The summed E-state index contributed by atoms with van der Waals surface area (Å²) in [5.41, 5.74) is 0.712. The number of ether oxygens (including phenoxy) is 4. The van der Waals surface area contributed by atoms with Gasteiger partial charge in [-0.25, -0.2) is 0 Å². The van der Waals surface area contributed by atoms with Gasteiger partial charge in [0.1, 0.15) is 17.5 Å². The Hall–Kier alpha value is -2.42. The number of nitrogens with zero attached hydrogens (tertiary/aromatic N) is 1. The predicted molar refractivity (Wildman–Crippen MR) is 123 cm³/mol. The normalized spacial score (nSPS) is 14.9. The van der Waals surface area contributed by atoms with E-state index in [1.165, 1.54) is 23.8 Å². The highest BCUT2D eigenvalue weighted by molar-refractivity contribution is 8.26. The zero-order valence-corrected chi connectivity index (χ0v) is 19.0. The summed E-state index contributed by atoms with van der Waals surface area (Å²) in [7, 11) is 4.76. The number of hydrogen-bond acceptors (Lipinski definition) is 7. The van der Waals surface area contributed by atoms with E-state index < -0.39 is 0 Å². The molecule has 0 radical (unpaired) electrons. The molecule has 0 spiro atoms. The molecule has 0 saturated carbocycles. The summed E-state index contributed by atoms with van der Waals surface area (Å²) in [6, 6.07) is 10.8. The van der Waals surface area contributed by atoms with Crippen LogP contribution in [0, 0.1) is 0 Å². The average Bonchev–Trinajstić information content (AvgIpc) is 2.98. The van der Waals surface area contributed by atoms with Crippen LogP contribution in [0.4, 0.5) is 0 Å². The van der Waals surface area contributed by atoms with Crippen molar-refractivity contribution in [2.24, 2.45) is 0 Å². The molecular formula is C21H20ClNO5S2. The molecule has 0 N–H and O–H groups in total. The van der Waals surface area contributed by atoms with Gasteiger partial charge in [-0.15, -0.1) is 0 Å². The third-order valence-corrected chi connectivity index (χ3v) is 5.96. The lowest BCUT2D eigenvalue weighted by molar-refractivity contribution is -0.121. The van der Waals surface area contributed by atoms with Crippen LogP contribution >= 0.6 is 35.6 Å². The molecule has 1 amide bonds. The Balaban J connectivity index is 1.69. The largest absolute Gasteiger partial charge is 0.493 e. The summed E-state index contributed by atoms with van der Waals surface area (Å²) in [4.78, 5) is 14.2. The van der Waals surface area contributed by atoms with Gasteiger partial charge in [-0.05, 0) is 35.9 Å². The maximum absolute atomic E-state index is 12.2. The highest BCUT2D eigenvalue weighted by Crippen LogP contribution is 2.38. The highest BCUT2D eigenvalue weighted by Gasteiger charge is 2.28. The number of benzene rings is 2. The molecule has 0 atom stereocenters. The molecule has 2 aromatic carbocycles. The molecule has 1 heterocycles. The lowest BCUT2D eigenvalue weighted by Gasteiger charge is -2.14. The molecule has 3 rings (SSSR count). The number of methoxy groups -OCH3 is 2. The molecule has 9 heteroatoms. The summed E-state index contributed by atoms with van der Waals surface area (Å²) < 4.78 is 22.7. The molecule has 0 bridgehead atoms. The molecule has 2 aromatic rings. The third kappa shape index (κ3) is 5.00. The van der Waals surface area contributed by atoms with Crippen molar-refractivity contribution >= 4 is 51.9 Å². The van der Waals surface area contributed by atoms with E-state index in [0.29, 0.717) is 49.4 Å². The number of carbonyl (C=O) groups is 1. The van der Waals surface area contributed by atoms with Gasteiger partial charge >= 0.3 is 0 Å². The number of thioether (sulfide) groups is 1. The fraction of sp³-hybridized carbons (Fsp3) is 0.238. The SMILES string of the molecule is COc1ccccc1OCCOc1c(Cl)cc(/C=C2\SC(=S)N(C)C2=O)cc1OC. The standard InChI is InChI=1S/C21H20ClNO5S2/c1-23-20(24)18(30-21(23)29)12-13-10-14(22)19(17(11-13)26-3)28-9-8-27-16-7-5-4-6-15(16)25-2/h4-7,10-12H,8-9H2,1-3H3/b18-12-. The molecule has 0 aliphatic carbocycles. The summed E-state index contributed by atoms with van der Waals surface area (Å²) in [6.07, 6.45) is 1.73. The van der Waals surface area contributed by atoms with E-state index in [-0.39, 0.29) is 12.5 Å². The number of carbonyl (C=O) groups excluding carboxylic acids is 1. The van der Waals surface area contributed by atoms with E-state index in [2.05, 4.69) is 0 Å². The Bertz CT molecular complexity index is 995. The van der Waals surface area contributed by atoms with E-state index in [0.717, 1.165) is 0 Å². The Kier molecular flexibility index (Phi) is 7.47. The highest BCUT2D eigenvalue weighted by atomic mass is 35.5. The molecule has 0 aromatic heterocycles. The van der Waals surface area contributed by atoms with Gasteiger partial charge in [0.25, 0.3) is 5.91 Å². The van der Waals surface area contributed by atoms with Crippen LogP contribution in [0.1, 0.15) is 5.56 Å². The van der Waals surface area contributed by atoms with Crippen molar-refractivity contribution in [3.05, 3.63) is 51.9 Å². The fourth-order valence-electron chi connectivity index (χ4n) is 2.69. The van der Waals surface area contributed by atoms with Crippen molar-refractivity contribution in [1.82, 2.24) is 4.90 Å². The number of para-hydroxylation sites is 2. The van der Waals surface area contributed by atoms with Gasteiger partial charge in [0.2, 0.25) is 0 Å². The van der Waals surface area contributed by atoms with E-state index in [1.54, 1.807) is 32.4 Å². The van der Waals surface area contributed by atoms with Crippen LogP contribution in [-0.2, 0) is 4.79 Å². The van der Waals surface area contributed by atoms with Crippen LogP contribution < -0.4 is 18.9 Å². The van der Waals surface area contributed by atoms with Gasteiger partial charge in [0.05, 0.1) is 24.1 Å². The Morgan fingerprint density at radius 2 is 1.73 bits per heavy atom. The Morgan fingerprint density at radius 1 is 1.07 bits per heavy atom. The Labute approximate surface area is 189 Å². The second-order valence-electron chi connectivity index (χ2n) is 6.12. The summed E-state index contributed by atoms with van der Waals surface area (Å²) in [5.74, 6) is 2.00. The minimum Gasteiger partial charge on any atom is -0.493 e. The first-order chi connectivity index (χ1) is 14.4. The van der Waals surface area contributed by atoms with Crippen LogP contribution in [-0.4, -0.2) is 49.6 Å². The van der Waals surface area contributed by atoms with Crippen molar-refractivity contribution in [3.63, 3.8) is 0 Å². The van der Waals surface area contributed by atoms with Crippen LogP contribution in [0.5, 0.6) is 23.0 Å². The Morgan fingerprint density at radius 3 is 2.37 bits per heavy atom. The fourth-order valence-corrected chi connectivity index (χ4v) is 4.15. The number of halogens is 1. The van der Waals surface area contributed by atoms with Gasteiger partial charge in [0, 0.05) is 7.05 Å². The topological polar surface area (TPSA) is 57.2 Å². The van der Waals surface area contributed by atoms with Gasteiger partial charge < -0.3 is 18.9 Å². The van der Waals surface area contributed by atoms with E-state index >= 15 is 0 Å². The first-order valence-electron chi connectivity index (χ1n) is 8.92. The lowest BCUT2D eigenvalue weighted by atomic mass is 10.2. The number of likely N-dealkylation sites (N-methyl/N-ethyl adjacent to an activating group) is 1. The summed E-state index contributed by atoms with van der Waals surface area (Å²) in [5, 5.41) is 0.366. The molecule has 1 aliphatic rings. The molecule has 0 unspecified atom stereocenters. The molecule has 6 nitrogen and oxygen atoms in total. The predicted octanol–water partition coefficient (Wildman–Crippen LogP) is 4.65. The number of thiocarbonyl (C=S) groups is 1. The van der Waals surface area contributed by atoms with Gasteiger partial charge in [-0.1, -0.05) is 47.7 Å². The maximum Gasteiger partial charge on any atom is 0.265 e. The van der Waals surface area contributed by atoms with Crippen LogP contribution in [0.25, 0.3) is 6.08 Å². The van der Waals surface area contributed by atoms with E-state index in [9.17, 15) is 4.79 Å². The monoisotopic (exact) mass is 465 g/mol. The quantitative estimate of drug-likeness (QED) is 0.319. The molecule has 30 heavy (non-hydrogen) atoms. The number of rotatable bonds is 8. The zero-order chi connectivity index (χ0) is 21.7. The minimum absolute atomic E-state index is 0.145. The first-order valence-corrected chi connectivity index (χ1v) is 10.5. The minimum atomic E-state index is -0.145. The molecule has 1 saturated heterocycles. The lowest BCUT2D eigenvalue weighted by Crippen LogP contribution is -2.22. The summed E-state index contributed by atoms with van der Waals surface area (Å²) >= 11 is 12.8. The van der Waals surface area contributed by atoms with Crippen LogP contribution in [0.3, 0.4) is 0 Å². The van der Waals surface area contributed by atoms with Crippen LogP contribution in [0.2, 0.25) is 5.02 Å². The van der Waals surface area contributed by atoms with Crippen LogP contribution in [0.15, 0.2) is 41.3 Å². The number of amides is 1. The summed E-state index contributed by atoms with van der Waals surface area (Å²) in [6.45, 7) is 0.544. The second-order valence-corrected chi connectivity index (χ2v) is 8.21. The van der Waals surface area contributed by atoms with Gasteiger partial charge in [0.15, 0.2) is 23.0 Å². The molecule has 1 fully saturated rings. The van der Waals surface area contributed by atoms with Gasteiger partial charge in [-0.3, -0.25) is 9.69 Å². The third-order valence-electron chi connectivity index (χ3n) is 4.19. The molecule has 158 valence electrons. The molecular weight excluding hydrogens is 446 g/mol. The van der Waals surface area contributed by atoms with Crippen molar-refractivity contribution in [1.29, 1.82) is 0 Å². The number of hydrogen-bond donors (Lipinski definition) is 0. The second kappa shape index (κ2) is 10.1. The van der Waals surface area contributed by atoms with Crippen molar-refractivity contribution in [3.8, 4) is 23.0 Å².